The summed E-state index contributed by atoms with van der Waals surface area (Å²) < 4.78 is 9.67. The molecule has 1 aromatic heterocycles. The van der Waals surface area contributed by atoms with Gasteiger partial charge in [-0.1, -0.05) is 0 Å². The predicted molar refractivity (Wildman–Crippen MR) is 38.5 cm³/mol. The highest BCUT2D eigenvalue weighted by Crippen LogP contribution is 2.01. The van der Waals surface area contributed by atoms with E-state index in [4.69, 9.17) is 9.15 Å². The van der Waals surface area contributed by atoms with Gasteiger partial charge in [-0.3, -0.25) is 4.79 Å². The fourth-order valence-electron chi connectivity index (χ4n) is 0.618. The smallest absolute Gasteiger partial charge is 0.306 e. The van der Waals surface area contributed by atoms with Gasteiger partial charge in [0, 0.05) is 6.42 Å². The predicted octanol–water partition coefficient (Wildman–Crippen LogP) is 1.55. The van der Waals surface area contributed by atoms with Crippen LogP contribution in [0.25, 0.3) is 0 Å². The first-order chi connectivity index (χ1) is 5.33. The summed E-state index contributed by atoms with van der Waals surface area (Å²) in [5, 5.41) is 0. The van der Waals surface area contributed by atoms with E-state index in [9.17, 15) is 4.79 Å². The van der Waals surface area contributed by atoms with Crippen LogP contribution >= 0.6 is 0 Å². The number of hydrogen-bond acceptors (Lipinski definition) is 3. The van der Waals surface area contributed by atoms with Gasteiger partial charge in [0.05, 0.1) is 6.26 Å². The van der Waals surface area contributed by atoms with E-state index in [0.29, 0.717) is 5.76 Å². The summed E-state index contributed by atoms with van der Waals surface area (Å²) in [5.74, 6) is 0.327. The second-order valence-corrected chi connectivity index (χ2v) is 1.99. The van der Waals surface area contributed by atoms with Crippen LogP contribution in [-0.4, -0.2) is 5.97 Å². The first-order valence-electron chi connectivity index (χ1n) is 3.30. The highest BCUT2D eigenvalue weighted by Gasteiger charge is 2.00. The van der Waals surface area contributed by atoms with Gasteiger partial charge >= 0.3 is 5.97 Å². The Morgan fingerprint density at radius 2 is 2.55 bits per heavy atom. The summed E-state index contributed by atoms with van der Waals surface area (Å²) in [4.78, 5) is 10.6. The van der Waals surface area contributed by atoms with E-state index >= 15 is 0 Å². The van der Waals surface area contributed by atoms with Gasteiger partial charge < -0.3 is 9.15 Å². The quantitative estimate of drug-likeness (QED) is 0.618. The summed E-state index contributed by atoms with van der Waals surface area (Å²) in [6.45, 7) is 3.58. The zero-order chi connectivity index (χ0) is 8.10. The van der Waals surface area contributed by atoms with Crippen LogP contribution in [0.4, 0.5) is 0 Å². The first kappa shape index (κ1) is 7.85. The molecule has 11 heavy (non-hydrogen) atoms. The maximum atomic E-state index is 10.6. The fraction of sp³-hybridized carbons (Fsp3) is 0.250. The Morgan fingerprint density at radius 1 is 1.73 bits per heavy atom. The van der Waals surface area contributed by atoms with Gasteiger partial charge in [-0.15, -0.1) is 0 Å². The summed E-state index contributed by atoms with van der Waals surface area (Å²) in [6.07, 6.45) is 1.69. The van der Waals surface area contributed by atoms with E-state index in [1.165, 1.54) is 6.26 Å². The Balaban J connectivity index is 2.29. The molecular weight excluding hydrogens is 144 g/mol. The van der Waals surface area contributed by atoms with Crippen LogP contribution in [0.5, 0.6) is 0 Å². The molecule has 1 aromatic rings. The van der Waals surface area contributed by atoms with Gasteiger partial charge in [-0.2, -0.15) is 0 Å². The molecule has 1 heterocycles. The Hall–Kier alpha value is -1.25. The molecule has 3 heteroatoms. The molecule has 0 saturated carbocycles. The van der Waals surface area contributed by atoms with Crippen molar-refractivity contribution in [3.63, 3.8) is 0 Å². The molecule has 0 aliphatic heterocycles. The van der Waals surface area contributed by atoms with E-state index in [1.54, 1.807) is 12.1 Å². The van der Waals surface area contributed by atoms with Crippen molar-refractivity contribution in [2.45, 2.75) is 13.0 Å². The SMILES string of the molecule is [CH2]CC(=O)OCc1ccco1. The molecule has 0 bridgehead atoms. The van der Waals surface area contributed by atoms with Crippen molar-refractivity contribution in [2.24, 2.45) is 0 Å². The number of carbonyl (C=O) groups is 1. The molecule has 1 radical (unpaired) electrons. The minimum Gasteiger partial charge on any atom is -0.466 e. The number of carbonyl (C=O) groups excluding carboxylic acids is 1. The topological polar surface area (TPSA) is 39.4 Å². The second kappa shape index (κ2) is 3.81. The molecule has 0 atom stereocenters. The van der Waals surface area contributed by atoms with Gasteiger partial charge in [0.15, 0.2) is 0 Å². The Morgan fingerprint density at radius 3 is 3.09 bits per heavy atom. The van der Waals surface area contributed by atoms with Crippen LogP contribution in [0.1, 0.15) is 12.2 Å². The lowest BCUT2D eigenvalue weighted by Crippen LogP contribution is -2.01. The third-order valence-electron chi connectivity index (χ3n) is 1.16. The minimum absolute atomic E-state index is 0.153. The Kier molecular flexibility index (Phi) is 2.72. The largest absolute Gasteiger partial charge is 0.466 e. The molecule has 0 aliphatic carbocycles. The molecule has 0 fully saturated rings. The average Bonchev–Trinajstić information content (AvgIpc) is 2.52. The molecular formula is C8H9O3. The minimum atomic E-state index is -0.318. The van der Waals surface area contributed by atoms with Gasteiger partial charge in [-0.25, -0.2) is 0 Å². The van der Waals surface area contributed by atoms with E-state index in [1.807, 2.05) is 0 Å². The lowest BCUT2D eigenvalue weighted by molar-refractivity contribution is -0.144. The van der Waals surface area contributed by atoms with E-state index < -0.39 is 0 Å². The summed E-state index contributed by atoms with van der Waals surface area (Å²) in [5.41, 5.74) is 0. The van der Waals surface area contributed by atoms with Gasteiger partial charge in [0.2, 0.25) is 0 Å². The van der Waals surface area contributed by atoms with Crippen molar-refractivity contribution in [3.8, 4) is 0 Å². The lowest BCUT2D eigenvalue weighted by Gasteiger charge is -1.98. The highest BCUT2D eigenvalue weighted by atomic mass is 16.5. The number of hydrogen-bond donors (Lipinski definition) is 0. The molecule has 1 rings (SSSR count). The number of ether oxygens (including phenoxy) is 1. The van der Waals surface area contributed by atoms with E-state index in [0.717, 1.165) is 0 Å². The van der Waals surface area contributed by atoms with Crippen LogP contribution in [0.3, 0.4) is 0 Å². The fourth-order valence-corrected chi connectivity index (χ4v) is 0.618. The van der Waals surface area contributed by atoms with Crippen molar-refractivity contribution < 1.29 is 13.9 Å². The average molecular weight is 153 g/mol. The van der Waals surface area contributed by atoms with E-state index in [2.05, 4.69) is 6.92 Å². The molecule has 0 spiro atoms. The Labute approximate surface area is 65.0 Å². The molecule has 0 aliphatic rings. The van der Waals surface area contributed by atoms with Crippen molar-refractivity contribution in [1.82, 2.24) is 0 Å². The van der Waals surface area contributed by atoms with Crippen molar-refractivity contribution in [2.75, 3.05) is 0 Å². The standard InChI is InChI=1S/C8H9O3/c1-2-8(9)11-6-7-4-3-5-10-7/h3-5H,1-2,6H2. The number of rotatable bonds is 3. The number of furan rings is 1. The van der Waals surface area contributed by atoms with Crippen LogP contribution < -0.4 is 0 Å². The molecule has 0 saturated heterocycles. The molecule has 0 N–H and O–H groups in total. The molecule has 3 nitrogen and oxygen atoms in total. The van der Waals surface area contributed by atoms with Crippen LogP contribution in [0, 0.1) is 6.92 Å². The van der Waals surface area contributed by atoms with Crippen molar-refractivity contribution in [3.05, 3.63) is 31.1 Å². The highest BCUT2D eigenvalue weighted by molar-refractivity contribution is 5.69. The zero-order valence-electron chi connectivity index (χ0n) is 6.08. The second-order valence-electron chi connectivity index (χ2n) is 1.99. The van der Waals surface area contributed by atoms with Crippen LogP contribution in [0.2, 0.25) is 0 Å². The summed E-state index contributed by atoms with van der Waals surface area (Å²) in [6, 6.07) is 3.49. The zero-order valence-corrected chi connectivity index (χ0v) is 6.08. The normalized spacial score (nSPS) is 9.55. The first-order valence-corrected chi connectivity index (χ1v) is 3.30. The lowest BCUT2D eigenvalue weighted by atomic mass is 10.4. The molecule has 59 valence electrons. The number of esters is 1. The monoisotopic (exact) mass is 153 g/mol. The van der Waals surface area contributed by atoms with Crippen LogP contribution in [0.15, 0.2) is 22.8 Å². The maximum Gasteiger partial charge on any atom is 0.306 e. The van der Waals surface area contributed by atoms with Crippen LogP contribution in [-0.2, 0) is 16.1 Å². The molecule has 0 aromatic carbocycles. The van der Waals surface area contributed by atoms with Gasteiger partial charge in [-0.05, 0) is 19.1 Å². The van der Waals surface area contributed by atoms with Crippen molar-refractivity contribution in [1.29, 1.82) is 0 Å². The van der Waals surface area contributed by atoms with Crippen molar-refractivity contribution >= 4 is 5.97 Å². The maximum absolute atomic E-state index is 10.6. The molecule has 0 amide bonds. The van der Waals surface area contributed by atoms with Gasteiger partial charge in [0.25, 0.3) is 0 Å². The third-order valence-corrected chi connectivity index (χ3v) is 1.16. The summed E-state index contributed by atoms with van der Waals surface area (Å²) in [7, 11) is 0. The van der Waals surface area contributed by atoms with Gasteiger partial charge in [0.1, 0.15) is 12.4 Å². The van der Waals surface area contributed by atoms with E-state index in [-0.39, 0.29) is 19.0 Å². The third kappa shape index (κ3) is 2.45. The summed E-state index contributed by atoms with van der Waals surface area (Å²) >= 11 is 0. The Bertz CT molecular complexity index is 213. The molecule has 0 unspecified atom stereocenters.